The Morgan fingerprint density at radius 1 is 1.08 bits per heavy atom. The second kappa shape index (κ2) is 7.80. The number of ether oxygens (including phenoxy) is 1. The van der Waals surface area contributed by atoms with Gasteiger partial charge in [0.1, 0.15) is 0 Å². The van der Waals surface area contributed by atoms with Crippen molar-refractivity contribution < 1.29 is 4.74 Å². The van der Waals surface area contributed by atoms with Crippen LogP contribution >= 0.6 is 11.8 Å². The van der Waals surface area contributed by atoms with E-state index in [1.807, 2.05) is 36.5 Å². The van der Waals surface area contributed by atoms with Crippen molar-refractivity contribution in [1.82, 2.24) is 19.7 Å². The van der Waals surface area contributed by atoms with E-state index >= 15 is 0 Å². The number of aromatic nitrogens is 4. The average Bonchev–Trinajstić information content (AvgIpc) is 3.12. The third-order valence-electron chi connectivity index (χ3n) is 4.24. The number of thioether (sulfide) groups is 1. The van der Waals surface area contributed by atoms with Crippen LogP contribution in [0.2, 0.25) is 0 Å². The van der Waals surface area contributed by atoms with E-state index in [0.717, 1.165) is 41.0 Å². The Hall–Kier alpha value is -2.18. The first-order valence-electron chi connectivity index (χ1n) is 8.57. The lowest BCUT2D eigenvalue weighted by Gasteiger charge is -2.22. The molecule has 2 aromatic heterocycles. The molecule has 1 fully saturated rings. The van der Waals surface area contributed by atoms with Gasteiger partial charge in [0, 0.05) is 36.0 Å². The van der Waals surface area contributed by atoms with Crippen LogP contribution in [0.3, 0.4) is 0 Å². The van der Waals surface area contributed by atoms with Gasteiger partial charge in [0.2, 0.25) is 0 Å². The van der Waals surface area contributed by atoms with Gasteiger partial charge in [-0.25, -0.2) is 0 Å². The zero-order valence-electron chi connectivity index (χ0n) is 13.9. The quantitative estimate of drug-likeness (QED) is 0.650. The third kappa shape index (κ3) is 3.75. The van der Waals surface area contributed by atoms with Crippen molar-refractivity contribution in [3.05, 3.63) is 54.9 Å². The lowest BCUT2D eigenvalue weighted by Crippen LogP contribution is -2.21. The minimum Gasteiger partial charge on any atom is -0.377 e. The molecule has 0 aliphatic carbocycles. The predicted molar refractivity (Wildman–Crippen MR) is 98.9 cm³/mol. The largest absolute Gasteiger partial charge is 0.377 e. The maximum absolute atomic E-state index is 5.85. The van der Waals surface area contributed by atoms with Crippen LogP contribution in [-0.4, -0.2) is 38.2 Å². The molecule has 0 amide bonds. The van der Waals surface area contributed by atoms with E-state index in [-0.39, 0.29) is 0 Å². The highest BCUT2D eigenvalue weighted by Crippen LogP contribution is 2.29. The van der Waals surface area contributed by atoms with E-state index in [1.165, 1.54) is 12.8 Å². The average molecular weight is 352 g/mol. The highest BCUT2D eigenvalue weighted by molar-refractivity contribution is 7.99. The number of rotatable bonds is 5. The first kappa shape index (κ1) is 16.3. The summed E-state index contributed by atoms with van der Waals surface area (Å²) in [5.74, 6) is 1.71. The molecule has 128 valence electrons. The molecule has 0 spiro atoms. The summed E-state index contributed by atoms with van der Waals surface area (Å²) >= 11 is 1.71. The summed E-state index contributed by atoms with van der Waals surface area (Å²) in [4.78, 5) is 4.22. The lowest BCUT2D eigenvalue weighted by atomic mass is 10.1. The molecule has 1 aromatic carbocycles. The molecule has 1 saturated heterocycles. The van der Waals surface area contributed by atoms with Crippen molar-refractivity contribution in [3.8, 4) is 17.1 Å². The lowest BCUT2D eigenvalue weighted by molar-refractivity contribution is 0.0315. The minimum atomic E-state index is 0.307. The van der Waals surface area contributed by atoms with E-state index in [9.17, 15) is 0 Å². The number of para-hydroxylation sites is 1. The van der Waals surface area contributed by atoms with Crippen molar-refractivity contribution in [3.63, 3.8) is 0 Å². The van der Waals surface area contributed by atoms with Gasteiger partial charge in [-0.3, -0.25) is 9.55 Å². The fraction of sp³-hybridized carbons (Fsp3) is 0.316. The Bertz CT molecular complexity index is 801. The fourth-order valence-corrected chi connectivity index (χ4v) is 3.98. The summed E-state index contributed by atoms with van der Waals surface area (Å²) in [6.07, 6.45) is 7.44. The summed E-state index contributed by atoms with van der Waals surface area (Å²) in [5, 5.41) is 9.77. The van der Waals surface area contributed by atoms with Crippen LogP contribution in [0.5, 0.6) is 0 Å². The summed E-state index contributed by atoms with van der Waals surface area (Å²) in [6.45, 7) is 0.873. The molecular formula is C19H20N4OS. The normalized spacial score (nSPS) is 17.5. The van der Waals surface area contributed by atoms with Crippen LogP contribution in [0.4, 0.5) is 0 Å². The Kier molecular flexibility index (Phi) is 5.09. The topological polar surface area (TPSA) is 52.8 Å². The molecule has 0 saturated carbocycles. The standard InChI is InChI=1S/C19H20N4OS/c1-2-8-16(9-3-1)23-18(15-7-6-11-20-13-15)21-22-19(23)25-14-17-10-4-5-12-24-17/h1-3,6-9,11,13,17H,4-5,10,12,14H2. The third-order valence-corrected chi connectivity index (χ3v) is 5.30. The van der Waals surface area contributed by atoms with Crippen LogP contribution in [0.25, 0.3) is 17.1 Å². The van der Waals surface area contributed by atoms with Crippen LogP contribution in [0, 0.1) is 0 Å². The molecule has 0 radical (unpaired) electrons. The fourth-order valence-electron chi connectivity index (χ4n) is 2.96. The van der Waals surface area contributed by atoms with Gasteiger partial charge in [-0.05, 0) is 43.5 Å². The zero-order chi connectivity index (χ0) is 16.9. The number of benzene rings is 1. The van der Waals surface area contributed by atoms with Crippen molar-refractivity contribution in [2.24, 2.45) is 0 Å². The molecule has 5 nitrogen and oxygen atoms in total. The Morgan fingerprint density at radius 2 is 2.00 bits per heavy atom. The van der Waals surface area contributed by atoms with Crippen LogP contribution in [0.15, 0.2) is 60.0 Å². The second-order valence-electron chi connectivity index (χ2n) is 6.02. The number of hydrogen-bond acceptors (Lipinski definition) is 5. The molecule has 4 rings (SSSR count). The molecule has 1 atom stereocenters. The Labute approximate surface area is 151 Å². The molecule has 25 heavy (non-hydrogen) atoms. The zero-order valence-corrected chi connectivity index (χ0v) is 14.7. The molecular weight excluding hydrogens is 332 g/mol. The van der Waals surface area contributed by atoms with Gasteiger partial charge in [-0.2, -0.15) is 0 Å². The highest BCUT2D eigenvalue weighted by atomic mass is 32.2. The number of nitrogens with zero attached hydrogens (tertiary/aromatic N) is 4. The molecule has 3 heterocycles. The van der Waals surface area contributed by atoms with Gasteiger partial charge < -0.3 is 4.74 Å². The van der Waals surface area contributed by atoms with E-state index in [0.29, 0.717) is 6.10 Å². The van der Waals surface area contributed by atoms with Gasteiger partial charge in [0.15, 0.2) is 11.0 Å². The van der Waals surface area contributed by atoms with Crippen LogP contribution in [-0.2, 0) is 4.74 Å². The van der Waals surface area contributed by atoms with Crippen molar-refractivity contribution in [2.45, 2.75) is 30.5 Å². The highest BCUT2D eigenvalue weighted by Gasteiger charge is 2.19. The summed E-state index contributed by atoms with van der Waals surface area (Å²) in [5.41, 5.74) is 2.01. The van der Waals surface area contributed by atoms with Crippen LogP contribution < -0.4 is 0 Å². The molecule has 3 aromatic rings. The second-order valence-corrected chi connectivity index (χ2v) is 7.01. The van der Waals surface area contributed by atoms with E-state index in [1.54, 1.807) is 18.0 Å². The van der Waals surface area contributed by atoms with Gasteiger partial charge in [0.05, 0.1) is 6.10 Å². The van der Waals surface area contributed by atoms with Gasteiger partial charge in [0.25, 0.3) is 0 Å². The number of hydrogen-bond donors (Lipinski definition) is 0. The maximum atomic E-state index is 5.85. The molecule has 1 aliphatic heterocycles. The van der Waals surface area contributed by atoms with Crippen molar-refractivity contribution >= 4 is 11.8 Å². The molecule has 0 bridgehead atoms. The summed E-state index contributed by atoms with van der Waals surface area (Å²) in [7, 11) is 0. The Balaban J connectivity index is 1.65. The van der Waals surface area contributed by atoms with Crippen molar-refractivity contribution in [2.75, 3.05) is 12.4 Å². The molecule has 1 unspecified atom stereocenters. The predicted octanol–water partition coefficient (Wildman–Crippen LogP) is 3.99. The van der Waals surface area contributed by atoms with Gasteiger partial charge >= 0.3 is 0 Å². The molecule has 1 aliphatic rings. The van der Waals surface area contributed by atoms with Gasteiger partial charge in [-0.1, -0.05) is 30.0 Å². The van der Waals surface area contributed by atoms with E-state index in [4.69, 9.17) is 4.74 Å². The van der Waals surface area contributed by atoms with Gasteiger partial charge in [-0.15, -0.1) is 10.2 Å². The minimum absolute atomic E-state index is 0.307. The summed E-state index contributed by atoms with van der Waals surface area (Å²) in [6, 6.07) is 14.1. The summed E-state index contributed by atoms with van der Waals surface area (Å²) < 4.78 is 7.95. The monoisotopic (exact) mass is 352 g/mol. The first-order chi connectivity index (χ1) is 12.4. The SMILES string of the molecule is c1ccc(-n2c(SCC3CCCCO3)nnc2-c2cccnc2)cc1. The number of pyridine rings is 1. The van der Waals surface area contributed by atoms with Crippen LogP contribution in [0.1, 0.15) is 19.3 Å². The smallest absolute Gasteiger partial charge is 0.196 e. The molecule has 0 N–H and O–H groups in total. The van der Waals surface area contributed by atoms with E-state index < -0.39 is 0 Å². The van der Waals surface area contributed by atoms with E-state index in [2.05, 4.69) is 31.9 Å². The Morgan fingerprint density at radius 3 is 2.76 bits per heavy atom. The first-order valence-corrected chi connectivity index (χ1v) is 9.56. The molecule has 6 heteroatoms. The van der Waals surface area contributed by atoms with Crippen molar-refractivity contribution in [1.29, 1.82) is 0 Å². The maximum Gasteiger partial charge on any atom is 0.196 e.